The Morgan fingerprint density at radius 2 is 2.00 bits per heavy atom. The molecule has 0 radical (unpaired) electrons. The molecule has 1 aromatic heterocycles. The lowest BCUT2D eigenvalue weighted by Gasteiger charge is -1.96. The van der Waals surface area contributed by atoms with Crippen LogP contribution in [0.2, 0.25) is 0 Å². The van der Waals surface area contributed by atoms with E-state index in [9.17, 15) is 0 Å². The quantitative estimate of drug-likeness (QED) is 0.838. The molecule has 4 nitrogen and oxygen atoms in total. The van der Waals surface area contributed by atoms with Crippen molar-refractivity contribution < 1.29 is 0 Å². The van der Waals surface area contributed by atoms with Crippen LogP contribution in [0, 0.1) is 11.3 Å². The lowest BCUT2D eigenvalue weighted by atomic mass is 10.1. The second kappa shape index (κ2) is 5.13. The van der Waals surface area contributed by atoms with Crippen LogP contribution in [0.1, 0.15) is 17.0 Å². The predicted octanol–water partition coefficient (Wildman–Crippen LogP) is 1.69. The van der Waals surface area contributed by atoms with E-state index in [0.717, 1.165) is 11.4 Å². The molecule has 1 heterocycles. The van der Waals surface area contributed by atoms with E-state index in [4.69, 9.17) is 5.26 Å². The van der Waals surface area contributed by atoms with E-state index in [0.29, 0.717) is 12.0 Å². The molecule has 2 rings (SSSR count). The van der Waals surface area contributed by atoms with E-state index in [1.165, 1.54) is 0 Å². The first kappa shape index (κ1) is 11.2. The summed E-state index contributed by atoms with van der Waals surface area (Å²) in [5.74, 6) is 0.759. The highest BCUT2D eigenvalue weighted by Crippen LogP contribution is 2.06. The van der Waals surface area contributed by atoms with Gasteiger partial charge in [0.2, 0.25) is 0 Å². The van der Waals surface area contributed by atoms with Gasteiger partial charge in [0, 0.05) is 6.42 Å². The maximum Gasteiger partial charge on any atom is 0.154 e. The Labute approximate surface area is 93.4 Å². The standard InChI is InChI=1S/C10H8N4.ClH/c11-6-9-3-1-8(2-4-9)5-10-12-7-13-14-10;/h1-4,7H,5H2,(H,12,13,14);1H. The summed E-state index contributed by atoms with van der Waals surface area (Å²) in [5.41, 5.74) is 1.77. The van der Waals surface area contributed by atoms with Gasteiger partial charge in [-0.05, 0) is 17.7 Å². The molecule has 0 amide bonds. The molecule has 0 atom stereocenters. The Morgan fingerprint density at radius 3 is 2.53 bits per heavy atom. The van der Waals surface area contributed by atoms with Crippen molar-refractivity contribution in [1.82, 2.24) is 15.2 Å². The van der Waals surface area contributed by atoms with Gasteiger partial charge in [0.1, 0.15) is 6.33 Å². The summed E-state index contributed by atoms with van der Waals surface area (Å²) in [4.78, 5) is 4.02. The molecule has 15 heavy (non-hydrogen) atoms. The zero-order valence-electron chi connectivity index (χ0n) is 7.84. The second-order valence-corrected chi connectivity index (χ2v) is 2.90. The maximum absolute atomic E-state index is 8.61. The smallest absolute Gasteiger partial charge is 0.154 e. The average Bonchev–Trinajstić information content (AvgIpc) is 2.72. The Bertz CT molecular complexity index is 441. The van der Waals surface area contributed by atoms with Crippen LogP contribution >= 0.6 is 12.4 Å². The first-order chi connectivity index (χ1) is 6.88. The first-order valence-electron chi connectivity index (χ1n) is 4.22. The van der Waals surface area contributed by atoms with E-state index in [-0.39, 0.29) is 12.4 Å². The molecule has 1 aromatic carbocycles. The van der Waals surface area contributed by atoms with Crippen LogP contribution in [0.5, 0.6) is 0 Å². The van der Waals surface area contributed by atoms with Gasteiger partial charge in [-0.25, -0.2) is 4.98 Å². The first-order valence-corrected chi connectivity index (χ1v) is 4.22. The molecule has 1 N–H and O–H groups in total. The van der Waals surface area contributed by atoms with Crippen molar-refractivity contribution in [2.75, 3.05) is 0 Å². The van der Waals surface area contributed by atoms with Crippen LogP contribution in [0.15, 0.2) is 30.6 Å². The van der Waals surface area contributed by atoms with Gasteiger partial charge in [-0.3, -0.25) is 5.10 Å². The minimum Gasteiger partial charge on any atom is -0.266 e. The summed E-state index contributed by atoms with van der Waals surface area (Å²) in [7, 11) is 0. The second-order valence-electron chi connectivity index (χ2n) is 2.90. The number of benzene rings is 1. The third-order valence-electron chi connectivity index (χ3n) is 1.91. The molecule has 0 saturated carbocycles. The number of nitriles is 1. The van der Waals surface area contributed by atoms with E-state index in [2.05, 4.69) is 21.3 Å². The third-order valence-corrected chi connectivity index (χ3v) is 1.91. The summed E-state index contributed by atoms with van der Waals surface area (Å²) < 4.78 is 0. The monoisotopic (exact) mass is 220 g/mol. The van der Waals surface area contributed by atoms with Gasteiger partial charge >= 0.3 is 0 Å². The molecule has 0 bridgehead atoms. The lowest BCUT2D eigenvalue weighted by Crippen LogP contribution is -1.90. The Morgan fingerprint density at radius 1 is 1.27 bits per heavy atom. The minimum atomic E-state index is 0. The topological polar surface area (TPSA) is 65.4 Å². The van der Waals surface area contributed by atoms with E-state index < -0.39 is 0 Å². The number of halogens is 1. The highest BCUT2D eigenvalue weighted by Gasteiger charge is 1.99. The molecule has 0 aliphatic heterocycles. The van der Waals surface area contributed by atoms with Gasteiger partial charge in [-0.2, -0.15) is 10.4 Å². The molecule has 2 aromatic rings. The minimum absolute atomic E-state index is 0. The lowest BCUT2D eigenvalue weighted by molar-refractivity contribution is 0.972. The molecule has 0 unspecified atom stereocenters. The summed E-state index contributed by atoms with van der Waals surface area (Å²) in [5, 5.41) is 15.2. The SMILES string of the molecule is Cl.N#Cc1ccc(Cc2nc[nH]n2)cc1. The van der Waals surface area contributed by atoms with E-state index >= 15 is 0 Å². The van der Waals surface area contributed by atoms with E-state index in [1.54, 1.807) is 18.5 Å². The van der Waals surface area contributed by atoms with Gasteiger partial charge in [0.05, 0.1) is 11.6 Å². The maximum atomic E-state index is 8.61. The predicted molar refractivity (Wildman–Crippen MR) is 57.6 cm³/mol. The molecule has 0 aliphatic carbocycles. The third kappa shape index (κ3) is 2.79. The summed E-state index contributed by atoms with van der Waals surface area (Å²) in [6, 6.07) is 9.49. The van der Waals surface area contributed by atoms with Crippen molar-refractivity contribution in [1.29, 1.82) is 5.26 Å². The van der Waals surface area contributed by atoms with Crippen LogP contribution in [0.25, 0.3) is 0 Å². The molecule has 0 spiro atoms. The number of hydrogen-bond acceptors (Lipinski definition) is 3. The number of nitrogens with one attached hydrogen (secondary N) is 1. The van der Waals surface area contributed by atoms with Gasteiger partial charge in [0.15, 0.2) is 5.82 Å². The van der Waals surface area contributed by atoms with Crippen LogP contribution in [0.4, 0.5) is 0 Å². The molecule has 76 valence electrons. The van der Waals surface area contributed by atoms with Crippen LogP contribution < -0.4 is 0 Å². The Kier molecular flexibility index (Phi) is 3.83. The van der Waals surface area contributed by atoms with Crippen molar-refractivity contribution in [3.05, 3.63) is 47.5 Å². The Balaban J connectivity index is 0.00000112. The summed E-state index contributed by atoms with van der Waals surface area (Å²) in [6.07, 6.45) is 2.24. The molecular weight excluding hydrogens is 212 g/mol. The van der Waals surface area contributed by atoms with Crippen LogP contribution in [-0.2, 0) is 6.42 Å². The fraction of sp³-hybridized carbons (Fsp3) is 0.100. The van der Waals surface area contributed by atoms with Gasteiger partial charge < -0.3 is 0 Å². The van der Waals surface area contributed by atoms with Crippen molar-refractivity contribution in [3.8, 4) is 6.07 Å². The van der Waals surface area contributed by atoms with Crippen molar-refractivity contribution in [3.63, 3.8) is 0 Å². The summed E-state index contributed by atoms with van der Waals surface area (Å²) in [6.45, 7) is 0. The highest BCUT2D eigenvalue weighted by atomic mass is 35.5. The van der Waals surface area contributed by atoms with Gasteiger partial charge in [-0.15, -0.1) is 12.4 Å². The molecule has 0 fully saturated rings. The molecular formula is C10H9ClN4. The number of aromatic nitrogens is 3. The largest absolute Gasteiger partial charge is 0.266 e. The highest BCUT2D eigenvalue weighted by molar-refractivity contribution is 5.85. The molecule has 0 saturated heterocycles. The van der Waals surface area contributed by atoms with Crippen molar-refractivity contribution in [2.45, 2.75) is 6.42 Å². The van der Waals surface area contributed by atoms with Crippen molar-refractivity contribution in [2.24, 2.45) is 0 Å². The zero-order valence-corrected chi connectivity index (χ0v) is 8.66. The fourth-order valence-corrected chi connectivity index (χ4v) is 1.20. The zero-order chi connectivity index (χ0) is 9.80. The van der Waals surface area contributed by atoms with Crippen LogP contribution in [-0.4, -0.2) is 15.2 Å². The number of H-pyrrole nitrogens is 1. The number of hydrogen-bond donors (Lipinski definition) is 1. The van der Waals surface area contributed by atoms with Gasteiger partial charge in [0.25, 0.3) is 0 Å². The number of nitrogens with zero attached hydrogens (tertiary/aromatic N) is 3. The van der Waals surface area contributed by atoms with Crippen molar-refractivity contribution >= 4 is 12.4 Å². The fourth-order valence-electron chi connectivity index (χ4n) is 1.20. The number of aromatic amines is 1. The normalized spacial score (nSPS) is 9.00. The van der Waals surface area contributed by atoms with E-state index in [1.807, 2.05) is 12.1 Å². The average molecular weight is 221 g/mol. The van der Waals surface area contributed by atoms with Crippen LogP contribution in [0.3, 0.4) is 0 Å². The molecule has 0 aliphatic rings. The summed E-state index contributed by atoms with van der Waals surface area (Å²) >= 11 is 0. The molecule has 5 heteroatoms. The van der Waals surface area contributed by atoms with Gasteiger partial charge in [-0.1, -0.05) is 12.1 Å². The number of rotatable bonds is 2. The Hall–Kier alpha value is -1.86.